The molecule has 1 heterocycles. The molecule has 0 unspecified atom stereocenters. The Balaban J connectivity index is 2.03. The number of nitrogens with one attached hydrogen (secondary N) is 1. The SMILES string of the molecule is O=C=C(Nc1ccccc1)N1CC[N]CC1. The number of anilines is 1. The number of piperazine rings is 1. The molecule has 1 aliphatic heterocycles. The molecule has 1 aliphatic rings. The average molecular weight is 216 g/mol. The number of para-hydroxylation sites is 1. The molecule has 16 heavy (non-hydrogen) atoms. The van der Waals surface area contributed by atoms with E-state index in [1.165, 1.54) is 0 Å². The third-order valence-electron chi connectivity index (χ3n) is 2.51. The Morgan fingerprint density at radius 3 is 2.56 bits per heavy atom. The number of hydrogen-bond acceptors (Lipinski definition) is 3. The van der Waals surface area contributed by atoms with Gasteiger partial charge in [-0.25, -0.2) is 10.1 Å². The van der Waals surface area contributed by atoms with Gasteiger partial charge in [-0.1, -0.05) is 18.2 Å². The van der Waals surface area contributed by atoms with Crippen LogP contribution in [0, 0.1) is 0 Å². The lowest BCUT2D eigenvalue weighted by Gasteiger charge is -2.28. The van der Waals surface area contributed by atoms with Gasteiger partial charge in [0.25, 0.3) is 0 Å². The summed E-state index contributed by atoms with van der Waals surface area (Å²) in [6.07, 6.45) is 0. The van der Waals surface area contributed by atoms with Crippen LogP contribution in [0.5, 0.6) is 0 Å². The van der Waals surface area contributed by atoms with Crippen LogP contribution in [0.1, 0.15) is 0 Å². The molecule has 1 N–H and O–H groups in total. The molecule has 2 rings (SSSR count). The summed E-state index contributed by atoms with van der Waals surface area (Å²) >= 11 is 0. The largest absolute Gasteiger partial charge is 0.346 e. The zero-order valence-electron chi connectivity index (χ0n) is 9.02. The van der Waals surface area contributed by atoms with Gasteiger partial charge in [0.2, 0.25) is 0 Å². The maximum Gasteiger partial charge on any atom is 0.193 e. The molecule has 0 spiro atoms. The van der Waals surface area contributed by atoms with Crippen LogP contribution in [0.2, 0.25) is 0 Å². The summed E-state index contributed by atoms with van der Waals surface area (Å²) in [6, 6.07) is 9.64. The van der Waals surface area contributed by atoms with Crippen molar-refractivity contribution in [2.75, 3.05) is 31.5 Å². The van der Waals surface area contributed by atoms with Crippen molar-refractivity contribution in [2.45, 2.75) is 0 Å². The van der Waals surface area contributed by atoms with E-state index in [9.17, 15) is 4.79 Å². The molecule has 1 aromatic carbocycles. The van der Waals surface area contributed by atoms with E-state index in [4.69, 9.17) is 0 Å². The Morgan fingerprint density at radius 2 is 1.94 bits per heavy atom. The van der Waals surface area contributed by atoms with E-state index in [2.05, 4.69) is 10.6 Å². The van der Waals surface area contributed by atoms with Crippen molar-refractivity contribution < 1.29 is 4.79 Å². The van der Waals surface area contributed by atoms with E-state index in [0.717, 1.165) is 31.9 Å². The zero-order valence-corrected chi connectivity index (χ0v) is 9.02. The van der Waals surface area contributed by atoms with Crippen LogP contribution >= 0.6 is 0 Å². The Bertz CT molecular complexity index is 379. The van der Waals surface area contributed by atoms with E-state index in [0.29, 0.717) is 5.82 Å². The van der Waals surface area contributed by atoms with Gasteiger partial charge < -0.3 is 10.2 Å². The second-order valence-corrected chi connectivity index (χ2v) is 3.60. The van der Waals surface area contributed by atoms with Crippen LogP contribution in [0.4, 0.5) is 5.69 Å². The van der Waals surface area contributed by atoms with Crippen molar-refractivity contribution in [3.8, 4) is 0 Å². The fourth-order valence-electron chi connectivity index (χ4n) is 1.66. The fraction of sp³-hybridized carbons (Fsp3) is 0.333. The maximum atomic E-state index is 10.9. The summed E-state index contributed by atoms with van der Waals surface area (Å²) in [7, 11) is 0. The normalized spacial score (nSPS) is 15.4. The highest BCUT2D eigenvalue weighted by Gasteiger charge is 2.14. The Kier molecular flexibility index (Phi) is 3.59. The van der Waals surface area contributed by atoms with Crippen LogP contribution in [0.25, 0.3) is 0 Å². The van der Waals surface area contributed by atoms with Crippen LogP contribution in [-0.2, 0) is 4.79 Å². The number of rotatable bonds is 3. The lowest BCUT2D eigenvalue weighted by molar-refractivity contribution is 0.300. The van der Waals surface area contributed by atoms with Crippen molar-refractivity contribution in [3.05, 3.63) is 36.2 Å². The summed E-state index contributed by atoms with van der Waals surface area (Å²) in [5, 5.41) is 7.31. The molecule has 0 saturated carbocycles. The molecule has 0 amide bonds. The first kappa shape index (κ1) is 10.7. The predicted molar refractivity (Wildman–Crippen MR) is 62.7 cm³/mol. The Hall–Kier alpha value is -1.77. The van der Waals surface area contributed by atoms with Crippen molar-refractivity contribution in [3.63, 3.8) is 0 Å². The quantitative estimate of drug-likeness (QED) is 0.756. The first-order valence-corrected chi connectivity index (χ1v) is 5.35. The summed E-state index contributed by atoms with van der Waals surface area (Å²) in [4.78, 5) is 12.9. The minimum Gasteiger partial charge on any atom is -0.346 e. The molecular formula is C12H14N3O. The lowest BCUT2D eigenvalue weighted by Crippen LogP contribution is -2.41. The van der Waals surface area contributed by atoms with E-state index in [1.54, 1.807) is 0 Å². The molecule has 1 aromatic rings. The number of carbonyl (C=O) groups excluding carboxylic acids is 1. The van der Waals surface area contributed by atoms with E-state index >= 15 is 0 Å². The van der Waals surface area contributed by atoms with Crippen molar-refractivity contribution in [2.24, 2.45) is 0 Å². The van der Waals surface area contributed by atoms with E-state index < -0.39 is 0 Å². The third kappa shape index (κ3) is 2.63. The second-order valence-electron chi connectivity index (χ2n) is 3.60. The van der Waals surface area contributed by atoms with Crippen LogP contribution in [0.3, 0.4) is 0 Å². The number of benzene rings is 1. The molecule has 1 fully saturated rings. The van der Waals surface area contributed by atoms with Crippen molar-refractivity contribution in [1.29, 1.82) is 0 Å². The van der Waals surface area contributed by atoms with Gasteiger partial charge in [-0.05, 0) is 12.1 Å². The van der Waals surface area contributed by atoms with Gasteiger partial charge in [-0.3, -0.25) is 0 Å². The average Bonchev–Trinajstić information content (AvgIpc) is 2.38. The summed E-state index contributed by atoms with van der Waals surface area (Å²) in [6.45, 7) is 3.12. The monoisotopic (exact) mass is 216 g/mol. The first-order valence-electron chi connectivity index (χ1n) is 5.35. The van der Waals surface area contributed by atoms with Crippen LogP contribution in [0.15, 0.2) is 36.2 Å². The molecule has 1 radical (unpaired) electrons. The summed E-state index contributed by atoms with van der Waals surface area (Å²) < 4.78 is 0. The van der Waals surface area contributed by atoms with Gasteiger partial charge in [-0.2, -0.15) is 0 Å². The fourth-order valence-corrected chi connectivity index (χ4v) is 1.66. The molecular weight excluding hydrogens is 202 g/mol. The maximum absolute atomic E-state index is 10.9. The topological polar surface area (TPSA) is 46.4 Å². The Morgan fingerprint density at radius 1 is 1.25 bits per heavy atom. The minimum atomic E-state index is 0.501. The minimum absolute atomic E-state index is 0.501. The molecule has 0 atom stereocenters. The molecule has 83 valence electrons. The third-order valence-corrected chi connectivity index (χ3v) is 2.51. The number of nitrogens with zero attached hydrogens (tertiary/aromatic N) is 2. The first-order chi connectivity index (χ1) is 7.90. The molecule has 0 aromatic heterocycles. The molecule has 0 bridgehead atoms. The Labute approximate surface area is 94.9 Å². The molecule has 4 heteroatoms. The van der Waals surface area contributed by atoms with Gasteiger partial charge >= 0.3 is 0 Å². The van der Waals surface area contributed by atoms with Gasteiger partial charge in [0.05, 0.1) is 0 Å². The van der Waals surface area contributed by atoms with Gasteiger partial charge in [0.1, 0.15) is 0 Å². The predicted octanol–water partition coefficient (Wildman–Crippen LogP) is 0.691. The highest BCUT2D eigenvalue weighted by atomic mass is 16.1. The summed E-state index contributed by atoms with van der Waals surface area (Å²) in [5.41, 5.74) is 0.906. The van der Waals surface area contributed by atoms with Crippen molar-refractivity contribution in [1.82, 2.24) is 10.2 Å². The standard InChI is InChI=1S/C12H14N3O/c16-10-12(15-8-6-13-7-9-15)14-11-4-2-1-3-5-11/h1-5,14H,6-9H2. The van der Waals surface area contributed by atoms with E-state index in [1.807, 2.05) is 41.2 Å². The smallest absolute Gasteiger partial charge is 0.193 e. The molecule has 1 saturated heterocycles. The highest BCUT2D eigenvalue weighted by molar-refractivity contribution is 5.61. The molecule has 4 nitrogen and oxygen atoms in total. The lowest BCUT2D eigenvalue weighted by atomic mass is 10.3. The summed E-state index contributed by atoms with van der Waals surface area (Å²) in [5.74, 6) is 2.46. The van der Waals surface area contributed by atoms with Gasteiger partial charge in [-0.15, -0.1) is 0 Å². The zero-order chi connectivity index (χ0) is 11.2. The van der Waals surface area contributed by atoms with E-state index in [-0.39, 0.29) is 0 Å². The second kappa shape index (κ2) is 5.35. The van der Waals surface area contributed by atoms with Crippen LogP contribution in [-0.4, -0.2) is 37.0 Å². The van der Waals surface area contributed by atoms with Gasteiger partial charge in [0, 0.05) is 31.9 Å². The number of hydrogen-bond donors (Lipinski definition) is 1. The highest BCUT2D eigenvalue weighted by Crippen LogP contribution is 2.10. The van der Waals surface area contributed by atoms with Gasteiger partial charge in [0.15, 0.2) is 11.8 Å². The van der Waals surface area contributed by atoms with Crippen LogP contribution < -0.4 is 10.6 Å². The molecule has 0 aliphatic carbocycles. The van der Waals surface area contributed by atoms with Crippen molar-refractivity contribution >= 4 is 11.6 Å².